The highest BCUT2D eigenvalue weighted by Gasteiger charge is 2.21. The molecule has 1 aliphatic heterocycles. The van der Waals surface area contributed by atoms with Crippen LogP contribution in [0, 0.1) is 5.92 Å². The maximum atomic E-state index is 12.2. The molecule has 1 aliphatic carbocycles. The highest BCUT2D eigenvalue weighted by molar-refractivity contribution is 5.92. The number of aromatic nitrogens is 1. The van der Waals surface area contributed by atoms with E-state index in [1.165, 1.54) is 32.1 Å². The van der Waals surface area contributed by atoms with Gasteiger partial charge >= 0.3 is 6.03 Å². The van der Waals surface area contributed by atoms with E-state index < -0.39 is 0 Å². The van der Waals surface area contributed by atoms with Crippen LogP contribution in [-0.4, -0.2) is 43.4 Å². The summed E-state index contributed by atoms with van der Waals surface area (Å²) < 4.78 is 5.94. The molecule has 1 aromatic heterocycles. The molecule has 2 amide bonds. The van der Waals surface area contributed by atoms with Crippen molar-refractivity contribution in [1.29, 1.82) is 0 Å². The Labute approximate surface area is 150 Å². The average Bonchev–Trinajstić information content (AvgIpc) is 3.15. The lowest BCUT2D eigenvalue weighted by atomic mass is 9.88. The Hall–Kier alpha value is -1.82. The second kappa shape index (κ2) is 9.04. The molecule has 2 fully saturated rings. The number of nitrogens with zero attached hydrogens (tertiary/aromatic N) is 2. The Kier molecular flexibility index (Phi) is 6.50. The summed E-state index contributed by atoms with van der Waals surface area (Å²) in [4.78, 5) is 18.8. The first-order valence-electron chi connectivity index (χ1n) is 9.60. The lowest BCUT2D eigenvalue weighted by Crippen LogP contribution is -2.34. The first kappa shape index (κ1) is 18.0. The van der Waals surface area contributed by atoms with Crippen LogP contribution in [0.2, 0.25) is 0 Å². The summed E-state index contributed by atoms with van der Waals surface area (Å²) in [5, 5.41) is 5.81. The molecule has 0 unspecified atom stereocenters. The van der Waals surface area contributed by atoms with Gasteiger partial charge in [-0.05, 0) is 43.7 Å². The van der Waals surface area contributed by atoms with Crippen LogP contribution in [0.4, 0.5) is 16.3 Å². The number of amides is 2. The van der Waals surface area contributed by atoms with Crippen LogP contribution in [0.25, 0.3) is 0 Å². The van der Waals surface area contributed by atoms with Gasteiger partial charge in [-0.15, -0.1) is 0 Å². The molecule has 25 heavy (non-hydrogen) atoms. The third-order valence-electron chi connectivity index (χ3n) is 5.19. The van der Waals surface area contributed by atoms with Crippen molar-refractivity contribution in [2.45, 2.75) is 51.6 Å². The molecule has 2 N–H and O–H groups in total. The summed E-state index contributed by atoms with van der Waals surface area (Å²) >= 11 is 0. The van der Waals surface area contributed by atoms with Crippen LogP contribution in [0.15, 0.2) is 18.3 Å². The Bertz CT molecular complexity index is 560. The number of carbonyl (C=O) groups excluding carboxylic acids is 1. The Morgan fingerprint density at radius 3 is 2.88 bits per heavy atom. The minimum atomic E-state index is -0.200. The second-order valence-corrected chi connectivity index (χ2v) is 7.12. The fourth-order valence-corrected chi connectivity index (χ4v) is 3.75. The zero-order valence-corrected chi connectivity index (χ0v) is 15.2. The smallest absolute Gasteiger partial charge is 0.319 e. The molecule has 1 aromatic rings. The first-order valence-corrected chi connectivity index (χ1v) is 9.60. The number of pyridine rings is 1. The minimum Gasteiger partial charge on any atom is -0.376 e. The molecule has 1 saturated carbocycles. The van der Waals surface area contributed by atoms with Crippen LogP contribution in [0.5, 0.6) is 0 Å². The van der Waals surface area contributed by atoms with Gasteiger partial charge in [0.15, 0.2) is 5.82 Å². The third-order valence-corrected chi connectivity index (χ3v) is 5.19. The van der Waals surface area contributed by atoms with Crippen LogP contribution in [0.3, 0.4) is 0 Å². The summed E-state index contributed by atoms with van der Waals surface area (Å²) in [7, 11) is 0. The van der Waals surface area contributed by atoms with Gasteiger partial charge in [0.1, 0.15) is 0 Å². The molecule has 2 aliphatic rings. The molecule has 0 radical (unpaired) electrons. The SMILES string of the molecule is C[C@H]1CCCC[C@@H]1OCCNC(=O)Nc1cccnc1N1CCCC1. The van der Waals surface area contributed by atoms with Gasteiger partial charge in [-0.3, -0.25) is 0 Å². The number of urea groups is 1. The molecule has 3 rings (SSSR count). The summed E-state index contributed by atoms with van der Waals surface area (Å²) in [5.74, 6) is 1.49. The number of ether oxygens (including phenoxy) is 1. The highest BCUT2D eigenvalue weighted by atomic mass is 16.5. The molecule has 0 spiro atoms. The number of carbonyl (C=O) groups is 1. The predicted octanol–water partition coefficient (Wildman–Crippen LogP) is 3.40. The van der Waals surface area contributed by atoms with Crippen LogP contribution in [-0.2, 0) is 4.74 Å². The quantitative estimate of drug-likeness (QED) is 0.775. The number of rotatable bonds is 6. The van der Waals surface area contributed by atoms with E-state index in [4.69, 9.17) is 4.74 Å². The zero-order chi connectivity index (χ0) is 17.5. The van der Waals surface area contributed by atoms with Gasteiger partial charge in [-0.25, -0.2) is 9.78 Å². The standard InChI is InChI=1S/C19H30N4O2/c1-15-7-2-3-9-17(15)25-14-11-21-19(24)22-16-8-6-10-20-18(16)23-12-4-5-13-23/h6,8,10,15,17H,2-5,7,9,11-14H2,1H3,(H2,21,22,24)/t15-,17-/m0/s1. The lowest BCUT2D eigenvalue weighted by Gasteiger charge is -2.28. The number of hydrogen-bond acceptors (Lipinski definition) is 4. The predicted molar refractivity (Wildman–Crippen MR) is 100 cm³/mol. The Morgan fingerprint density at radius 2 is 2.08 bits per heavy atom. The van der Waals surface area contributed by atoms with E-state index in [9.17, 15) is 4.79 Å². The van der Waals surface area contributed by atoms with Crippen molar-refractivity contribution < 1.29 is 9.53 Å². The number of anilines is 2. The normalized spacial score (nSPS) is 23.5. The lowest BCUT2D eigenvalue weighted by molar-refractivity contribution is -0.00232. The fraction of sp³-hybridized carbons (Fsp3) is 0.684. The van der Waals surface area contributed by atoms with Gasteiger partial charge in [0.2, 0.25) is 0 Å². The Morgan fingerprint density at radius 1 is 1.28 bits per heavy atom. The molecule has 6 nitrogen and oxygen atoms in total. The zero-order valence-electron chi connectivity index (χ0n) is 15.2. The van der Waals surface area contributed by atoms with Crippen molar-refractivity contribution in [3.63, 3.8) is 0 Å². The topological polar surface area (TPSA) is 66.5 Å². The van der Waals surface area contributed by atoms with Crippen molar-refractivity contribution in [2.24, 2.45) is 5.92 Å². The van der Waals surface area contributed by atoms with E-state index in [1.54, 1.807) is 6.20 Å². The van der Waals surface area contributed by atoms with Crippen LogP contribution in [0.1, 0.15) is 45.4 Å². The van der Waals surface area contributed by atoms with E-state index >= 15 is 0 Å². The summed E-state index contributed by atoms with van der Waals surface area (Å²) in [6.07, 6.45) is 9.43. The molecular weight excluding hydrogens is 316 g/mol. The largest absolute Gasteiger partial charge is 0.376 e. The van der Waals surface area contributed by atoms with Gasteiger partial charge in [0.25, 0.3) is 0 Å². The van der Waals surface area contributed by atoms with E-state index in [0.29, 0.717) is 25.2 Å². The maximum Gasteiger partial charge on any atom is 0.319 e. The van der Waals surface area contributed by atoms with Gasteiger partial charge in [-0.2, -0.15) is 0 Å². The van der Waals surface area contributed by atoms with Crippen molar-refractivity contribution >= 4 is 17.5 Å². The van der Waals surface area contributed by atoms with Crippen LogP contribution < -0.4 is 15.5 Å². The highest BCUT2D eigenvalue weighted by Crippen LogP contribution is 2.27. The van der Waals surface area contributed by atoms with Crippen molar-refractivity contribution in [3.8, 4) is 0 Å². The van der Waals surface area contributed by atoms with Crippen molar-refractivity contribution in [2.75, 3.05) is 36.5 Å². The van der Waals surface area contributed by atoms with Crippen molar-refractivity contribution in [1.82, 2.24) is 10.3 Å². The molecule has 0 bridgehead atoms. The molecule has 138 valence electrons. The van der Waals surface area contributed by atoms with Crippen molar-refractivity contribution in [3.05, 3.63) is 18.3 Å². The summed E-state index contributed by atoms with van der Waals surface area (Å²) in [5.41, 5.74) is 0.767. The summed E-state index contributed by atoms with van der Waals surface area (Å²) in [6, 6.07) is 3.55. The molecule has 6 heteroatoms. The van der Waals surface area contributed by atoms with Gasteiger partial charge in [0.05, 0.1) is 18.4 Å². The third kappa shape index (κ3) is 5.08. The van der Waals surface area contributed by atoms with E-state index in [1.807, 2.05) is 12.1 Å². The first-order chi connectivity index (χ1) is 12.2. The number of hydrogen-bond donors (Lipinski definition) is 2. The number of nitrogens with one attached hydrogen (secondary N) is 2. The molecule has 1 saturated heterocycles. The van der Waals surface area contributed by atoms with E-state index in [0.717, 1.165) is 31.0 Å². The Balaban J connectivity index is 1.42. The van der Waals surface area contributed by atoms with E-state index in [2.05, 4.69) is 27.4 Å². The van der Waals surface area contributed by atoms with Gasteiger partial charge < -0.3 is 20.3 Å². The average molecular weight is 346 g/mol. The second-order valence-electron chi connectivity index (χ2n) is 7.12. The fourth-order valence-electron chi connectivity index (χ4n) is 3.75. The molecule has 0 aromatic carbocycles. The summed E-state index contributed by atoms with van der Waals surface area (Å²) in [6.45, 7) is 5.34. The van der Waals surface area contributed by atoms with E-state index in [-0.39, 0.29) is 6.03 Å². The molecular formula is C19H30N4O2. The molecule has 2 atom stereocenters. The molecule has 2 heterocycles. The van der Waals surface area contributed by atoms with Gasteiger partial charge in [-0.1, -0.05) is 19.8 Å². The minimum absolute atomic E-state index is 0.200. The van der Waals surface area contributed by atoms with Crippen LogP contribution >= 0.6 is 0 Å². The van der Waals surface area contributed by atoms with Gasteiger partial charge in [0, 0.05) is 25.8 Å². The monoisotopic (exact) mass is 346 g/mol. The maximum absolute atomic E-state index is 12.2.